The summed E-state index contributed by atoms with van der Waals surface area (Å²) in [5.41, 5.74) is 4.98. The van der Waals surface area contributed by atoms with Gasteiger partial charge in [0, 0.05) is 22.6 Å². The second-order valence-corrected chi connectivity index (χ2v) is 8.38. The van der Waals surface area contributed by atoms with Crippen molar-refractivity contribution in [1.82, 2.24) is 0 Å². The Morgan fingerprint density at radius 1 is 0.484 bits per heavy atom. The molecule has 0 aliphatic heterocycles. The standard InChI is InChI=1S/C28H26O2S/c1-29-25-15-7-3-11-21(25)19-23-13-5-9-17-27(23)31-28-18-10-6-14-24(28)20-22-12-4-8-16-26(22)30-2/h3-18H,19-20H2,1-2H3. The predicted octanol–water partition coefficient (Wildman–Crippen LogP) is 7.04. The topological polar surface area (TPSA) is 18.5 Å². The highest BCUT2D eigenvalue weighted by atomic mass is 32.2. The monoisotopic (exact) mass is 426 g/mol. The van der Waals surface area contributed by atoms with Gasteiger partial charge in [0.25, 0.3) is 0 Å². The SMILES string of the molecule is COc1ccccc1Cc1ccccc1Sc1ccccc1Cc1ccccc1OC. The molecule has 0 unspecified atom stereocenters. The second kappa shape index (κ2) is 10.2. The molecule has 0 bridgehead atoms. The predicted molar refractivity (Wildman–Crippen MR) is 129 cm³/mol. The molecule has 4 aromatic rings. The first-order chi connectivity index (χ1) is 15.3. The van der Waals surface area contributed by atoms with Crippen molar-refractivity contribution in [3.63, 3.8) is 0 Å². The van der Waals surface area contributed by atoms with E-state index in [1.165, 1.54) is 32.0 Å². The van der Waals surface area contributed by atoms with Crippen LogP contribution in [0, 0.1) is 0 Å². The van der Waals surface area contributed by atoms with E-state index in [-0.39, 0.29) is 0 Å². The zero-order valence-electron chi connectivity index (χ0n) is 17.9. The minimum Gasteiger partial charge on any atom is -0.496 e. The summed E-state index contributed by atoms with van der Waals surface area (Å²) in [5, 5.41) is 0. The lowest BCUT2D eigenvalue weighted by Gasteiger charge is -2.15. The molecule has 0 amide bonds. The first-order valence-corrected chi connectivity index (χ1v) is 11.2. The summed E-state index contributed by atoms with van der Waals surface area (Å²) in [5.74, 6) is 1.86. The van der Waals surface area contributed by atoms with Crippen molar-refractivity contribution in [3.8, 4) is 11.5 Å². The Balaban J connectivity index is 1.62. The molecule has 0 aliphatic carbocycles. The highest BCUT2D eigenvalue weighted by molar-refractivity contribution is 7.99. The molecule has 0 saturated carbocycles. The molecule has 0 spiro atoms. The fourth-order valence-electron chi connectivity index (χ4n) is 3.73. The molecular formula is C28H26O2S. The van der Waals surface area contributed by atoms with E-state index in [1.54, 1.807) is 14.2 Å². The van der Waals surface area contributed by atoms with Gasteiger partial charge in [0.1, 0.15) is 11.5 Å². The van der Waals surface area contributed by atoms with Crippen LogP contribution in [-0.4, -0.2) is 14.2 Å². The van der Waals surface area contributed by atoms with E-state index in [0.717, 1.165) is 24.3 Å². The number of para-hydroxylation sites is 2. The van der Waals surface area contributed by atoms with Gasteiger partial charge in [0.2, 0.25) is 0 Å². The van der Waals surface area contributed by atoms with E-state index in [9.17, 15) is 0 Å². The van der Waals surface area contributed by atoms with Crippen molar-refractivity contribution in [3.05, 3.63) is 119 Å². The molecular weight excluding hydrogens is 400 g/mol. The van der Waals surface area contributed by atoms with Crippen LogP contribution in [0.5, 0.6) is 11.5 Å². The van der Waals surface area contributed by atoms with Gasteiger partial charge in [-0.05, 0) is 46.5 Å². The Morgan fingerprint density at radius 2 is 0.839 bits per heavy atom. The van der Waals surface area contributed by atoms with Crippen molar-refractivity contribution in [2.75, 3.05) is 14.2 Å². The van der Waals surface area contributed by atoms with Gasteiger partial charge >= 0.3 is 0 Å². The lowest BCUT2D eigenvalue weighted by Crippen LogP contribution is -1.97. The summed E-state index contributed by atoms with van der Waals surface area (Å²) in [4.78, 5) is 2.53. The molecule has 156 valence electrons. The summed E-state index contributed by atoms with van der Waals surface area (Å²) >= 11 is 1.82. The molecule has 0 N–H and O–H groups in total. The van der Waals surface area contributed by atoms with Crippen LogP contribution in [0.4, 0.5) is 0 Å². The van der Waals surface area contributed by atoms with Gasteiger partial charge in [-0.1, -0.05) is 84.6 Å². The third kappa shape index (κ3) is 5.12. The van der Waals surface area contributed by atoms with Crippen LogP contribution < -0.4 is 9.47 Å². The Bertz CT molecular complexity index is 1060. The maximum Gasteiger partial charge on any atom is 0.122 e. The third-order valence-electron chi connectivity index (χ3n) is 5.31. The van der Waals surface area contributed by atoms with Crippen molar-refractivity contribution in [2.45, 2.75) is 22.6 Å². The van der Waals surface area contributed by atoms with E-state index in [4.69, 9.17) is 9.47 Å². The first kappa shape index (κ1) is 21.1. The van der Waals surface area contributed by atoms with Crippen LogP contribution in [-0.2, 0) is 12.8 Å². The van der Waals surface area contributed by atoms with Crippen LogP contribution in [0.3, 0.4) is 0 Å². The zero-order chi connectivity index (χ0) is 21.5. The fourth-order valence-corrected chi connectivity index (χ4v) is 4.80. The lowest BCUT2D eigenvalue weighted by molar-refractivity contribution is 0.410. The summed E-state index contributed by atoms with van der Waals surface area (Å²) in [7, 11) is 3.46. The molecule has 31 heavy (non-hydrogen) atoms. The molecule has 0 fully saturated rings. The summed E-state index contributed by atoms with van der Waals surface area (Å²) in [6.45, 7) is 0. The van der Waals surface area contributed by atoms with Gasteiger partial charge in [0.15, 0.2) is 0 Å². The summed E-state index contributed by atoms with van der Waals surface area (Å²) in [6, 6.07) is 33.7. The molecule has 0 saturated heterocycles. The van der Waals surface area contributed by atoms with Gasteiger partial charge in [-0.2, -0.15) is 0 Å². The van der Waals surface area contributed by atoms with Crippen molar-refractivity contribution < 1.29 is 9.47 Å². The molecule has 4 rings (SSSR count). The summed E-state index contributed by atoms with van der Waals surface area (Å²) in [6.07, 6.45) is 1.67. The zero-order valence-corrected chi connectivity index (χ0v) is 18.7. The quantitative estimate of drug-likeness (QED) is 0.301. The van der Waals surface area contributed by atoms with Gasteiger partial charge in [-0.3, -0.25) is 0 Å². The van der Waals surface area contributed by atoms with E-state index in [2.05, 4.69) is 72.8 Å². The molecule has 3 heteroatoms. The first-order valence-electron chi connectivity index (χ1n) is 10.4. The minimum atomic E-state index is 0.835. The highest BCUT2D eigenvalue weighted by Gasteiger charge is 2.12. The number of hydrogen-bond donors (Lipinski definition) is 0. The van der Waals surface area contributed by atoms with Crippen LogP contribution in [0.15, 0.2) is 107 Å². The molecule has 4 aromatic carbocycles. The summed E-state index contributed by atoms with van der Waals surface area (Å²) < 4.78 is 11.1. The van der Waals surface area contributed by atoms with Gasteiger partial charge in [-0.25, -0.2) is 0 Å². The van der Waals surface area contributed by atoms with Crippen molar-refractivity contribution in [2.24, 2.45) is 0 Å². The normalized spacial score (nSPS) is 10.6. The molecule has 0 heterocycles. The number of benzene rings is 4. The minimum absolute atomic E-state index is 0.835. The van der Waals surface area contributed by atoms with Crippen molar-refractivity contribution >= 4 is 11.8 Å². The van der Waals surface area contributed by atoms with Gasteiger partial charge in [0.05, 0.1) is 14.2 Å². The van der Waals surface area contributed by atoms with E-state index < -0.39 is 0 Å². The number of rotatable bonds is 8. The number of methoxy groups -OCH3 is 2. The lowest BCUT2D eigenvalue weighted by atomic mass is 10.0. The Morgan fingerprint density at radius 3 is 1.26 bits per heavy atom. The van der Waals surface area contributed by atoms with Crippen LogP contribution >= 0.6 is 11.8 Å². The third-order valence-corrected chi connectivity index (χ3v) is 6.55. The average molecular weight is 427 g/mol. The van der Waals surface area contributed by atoms with Crippen LogP contribution in [0.2, 0.25) is 0 Å². The maximum absolute atomic E-state index is 5.56. The molecule has 0 aromatic heterocycles. The number of hydrogen-bond acceptors (Lipinski definition) is 3. The Hall–Kier alpha value is -3.17. The average Bonchev–Trinajstić information content (AvgIpc) is 2.82. The van der Waals surface area contributed by atoms with E-state index in [0.29, 0.717) is 0 Å². The van der Waals surface area contributed by atoms with Gasteiger partial charge in [-0.15, -0.1) is 0 Å². The molecule has 0 atom stereocenters. The largest absolute Gasteiger partial charge is 0.496 e. The fraction of sp³-hybridized carbons (Fsp3) is 0.143. The van der Waals surface area contributed by atoms with Crippen LogP contribution in [0.1, 0.15) is 22.3 Å². The Kier molecular flexibility index (Phi) is 6.96. The molecule has 0 aliphatic rings. The van der Waals surface area contributed by atoms with Crippen molar-refractivity contribution in [1.29, 1.82) is 0 Å². The highest BCUT2D eigenvalue weighted by Crippen LogP contribution is 2.36. The second-order valence-electron chi connectivity index (χ2n) is 7.29. The maximum atomic E-state index is 5.56. The van der Waals surface area contributed by atoms with Gasteiger partial charge < -0.3 is 9.47 Å². The Labute approximate surface area is 188 Å². The molecule has 0 radical (unpaired) electrons. The number of ether oxygens (including phenoxy) is 2. The van der Waals surface area contributed by atoms with E-state index in [1.807, 2.05) is 36.0 Å². The van der Waals surface area contributed by atoms with Crippen LogP contribution in [0.25, 0.3) is 0 Å². The smallest absolute Gasteiger partial charge is 0.122 e. The molecule has 2 nitrogen and oxygen atoms in total. The van der Waals surface area contributed by atoms with E-state index >= 15 is 0 Å².